The van der Waals surface area contributed by atoms with Crippen molar-refractivity contribution >= 4 is 5.91 Å². The zero-order valence-corrected chi connectivity index (χ0v) is 14.4. The fraction of sp³-hybridized carbons (Fsp3) is 0.611. The van der Waals surface area contributed by atoms with E-state index >= 15 is 0 Å². The summed E-state index contributed by atoms with van der Waals surface area (Å²) in [6.07, 6.45) is -3.44. The van der Waals surface area contributed by atoms with Gasteiger partial charge in [-0.3, -0.25) is 4.79 Å². The topological polar surface area (TPSA) is 98.8 Å². The zero-order valence-electron chi connectivity index (χ0n) is 14.4. The summed E-state index contributed by atoms with van der Waals surface area (Å²) in [5.41, 5.74) is 0.860. The molecule has 0 aromatic heterocycles. The second-order valence-electron chi connectivity index (χ2n) is 6.73. The maximum Gasteiger partial charge on any atom is 0.217 e. The minimum atomic E-state index is -0.988. The summed E-state index contributed by atoms with van der Waals surface area (Å²) in [6.45, 7) is 2.64. The van der Waals surface area contributed by atoms with Gasteiger partial charge in [0.15, 0.2) is 12.6 Å². The molecule has 1 aromatic carbocycles. The first-order valence-electron chi connectivity index (χ1n) is 8.77. The highest BCUT2D eigenvalue weighted by Gasteiger charge is 2.50. The number of benzene rings is 1. The van der Waals surface area contributed by atoms with Crippen LogP contribution in [0.3, 0.4) is 0 Å². The molecule has 0 saturated carbocycles. The van der Waals surface area contributed by atoms with Crippen LogP contribution in [0.25, 0.3) is 0 Å². The van der Waals surface area contributed by atoms with Crippen LogP contribution in [0, 0.1) is 0 Å². The Kier molecular flexibility index (Phi) is 5.21. The quantitative estimate of drug-likeness (QED) is 0.715. The van der Waals surface area contributed by atoms with E-state index in [-0.39, 0.29) is 18.6 Å². The second kappa shape index (κ2) is 7.59. The van der Waals surface area contributed by atoms with Gasteiger partial charge in [0.1, 0.15) is 30.5 Å². The molecule has 8 nitrogen and oxygen atoms in total. The molecule has 0 aliphatic carbocycles. The number of epoxide rings is 1. The lowest BCUT2D eigenvalue weighted by molar-refractivity contribution is -0.344. The fourth-order valence-corrected chi connectivity index (χ4v) is 3.27. The Bertz CT molecular complexity index is 623. The van der Waals surface area contributed by atoms with Gasteiger partial charge >= 0.3 is 0 Å². The lowest BCUT2D eigenvalue weighted by Gasteiger charge is -2.47. The molecule has 0 spiro atoms. The van der Waals surface area contributed by atoms with Crippen molar-refractivity contribution in [2.75, 3.05) is 19.8 Å². The number of aliphatic hydroxyl groups excluding tert-OH is 1. The third-order valence-corrected chi connectivity index (χ3v) is 4.66. The van der Waals surface area contributed by atoms with Crippen LogP contribution < -0.4 is 5.32 Å². The van der Waals surface area contributed by atoms with Crippen molar-refractivity contribution in [3.8, 4) is 0 Å². The Hall–Kier alpha value is -1.55. The maximum atomic E-state index is 11.6. The molecule has 3 aliphatic rings. The highest BCUT2D eigenvalue weighted by Crippen LogP contribution is 2.34. The number of hydrogen-bond acceptors (Lipinski definition) is 7. The van der Waals surface area contributed by atoms with E-state index < -0.39 is 36.9 Å². The number of ether oxygens (including phenoxy) is 5. The lowest BCUT2D eigenvalue weighted by Crippen LogP contribution is -2.66. The van der Waals surface area contributed by atoms with Gasteiger partial charge in [-0.05, 0) is 0 Å². The van der Waals surface area contributed by atoms with Gasteiger partial charge in [0.25, 0.3) is 0 Å². The van der Waals surface area contributed by atoms with Crippen LogP contribution in [-0.4, -0.2) is 67.6 Å². The van der Waals surface area contributed by atoms with Gasteiger partial charge in [-0.2, -0.15) is 0 Å². The van der Waals surface area contributed by atoms with Gasteiger partial charge in [0.05, 0.1) is 19.8 Å². The van der Waals surface area contributed by atoms with Gasteiger partial charge in [0.2, 0.25) is 5.91 Å². The van der Waals surface area contributed by atoms with Crippen LogP contribution in [0.1, 0.15) is 18.8 Å². The molecule has 0 bridgehead atoms. The van der Waals surface area contributed by atoms with Crippen molar-refractivity contribution < 1.29 is 33.6 Å². The summed E-state index contributed by atoms with van der Waals surface area (Å²) in [5, 5.41) is 13.6. The second-order valence-corrected chi connectivity index (χ2v) is 6.73. The highest BCUT2D eigenvalue weighted by atomic mass is 16.7. The van der Waals surface area contributed by atoms with Crippen LogP contribution in [0.4, 0.5) is 0 Å². The van der Waals surface area contributed by atoms with Crippen LogP contribution in [-0.2, 0) is 28.5 Å². The molecule has 3 fully saturated rings. The molecule has 2 N–H and O–H groups in total. The predicted molar refractivity (Wildman–Crippen MR) is 88.0 cm³/mol. The van der Waals surface area contributed by atoms with E-state index in [1.165, 1.54) is 6.92 Å². The van der Waals surface area contributed by atoms with Crippen molar-refractivity contribution in [2.45, 2.75) is 50.0 Å². The SMILES string of the molecule is CC(=O)N[C@H]1[C@H](OC[C@H]2CO2)O[C@@H]2CO[C@@H](c3ccccc3)O[C@H]2[C@@H]1O. The van der Waals surface area contributed by atoms with Crippen molar-refractivity contribution in [1.29, 1.82) is 0 Å². The number of carbonyl (C=O) groups is 1. The molecule has 0 unspecified atom stereocenters. The predicted octanol–water partition coefficient (Wildman–Crippen LogP) is 0.107. The molecule has 1 amide bonds. The van der Waals surface area contributed by atoms with Crippen molar-refractivity contribution in [2.24, 2.45) is 0 Å². The minimum Gasteiger partial charge on any atom is -0.388 e. The fourth-order valence-electron chi connectivity index (χ4n) is 3.27. The van der Waals surface area contributed by atoms with Crippen LogP contribution in [0.2, 0.25) is 0 Å². The third kappa shape index (κ3) is 3.90. The molecule has 7 atom stereocenters. The van der Waals surface area contributed by atoms with E-state index in [0.29, 0.717) is 13.2 Å². The molecule has 8 heteroatoms. The summed E-state index contributed by atoms with van der Waals surface area (Å²) >= 11 is 0. The van der Waals surface area contributed by atoms with Crippen molar-refractivity contribution in [3.05, 3.63) is 35.9 Å². The number of fused-ring (bicyclic) bond motifs is 1. The summed E-state index contributed by atoms with van der Waals surface area (Å²) in [4.78, 5) is 11.6. The first-order chi connectivity index (χ1) is 12.6. The summed E-state index contributed by atoms with van der Waals surface area (Å²) < 4.78 is 28.5. The third-order valence-electron chi connectivity index (χ3n) is 4.66. The Morgan fingerprint density at radius 1 is 1.23 bits per heavy atom. The van der Waals surface area contributed by atoms with Crippen molar-refractivity contribution in [1.82, 2.24) is 5.32 Å². The number of carbonyl (C=O) groups excluding carboxylic acids is 1. The van der Waals surface area contributed by atoms with Gasteiger partial charge in [-0.1, -0.05) is 30.3 Å². The van der Waals surface area contributed by atoms with E-state index in [4.69, 9.17) is 23.7 Å². The molecular weight excluding hydrogens is 342 g/mol. The Morgan fingerprint density at radius 2 is 2.00 bits per heavy atom. The lowest BCUT2D eigenvalue weighted by atomic mass is 9.95. The normalized spacial score (nSPS) is 39.1. The van der Waals surface area contributed by atoms with E-state index in [9.17, 15) is 9.90 Å². The van der Waals surface area contributed by atoms with Crippen LogP contribution in [0.15, 0.2) is 30.3 Å². The molecule has 3 saturated heterocycles. The Balaban J connectivity index is 1.47. The molecule has 142 valence electrons. The molecule has 3 aliphatic heterocycles. The molecule has 1 aromatic rings. The smallest absolute Gasteiger partial charge is 0.217 e. The van der Waals surface area contributed by atoms with Gasteiger partial charge in [-0.15, -0.1) is 0 Å². The number of amides is 1. The number of nitrogens with one attached hydrogen (secondary N) is 1. The summed E-state index contributed by atoms with van der Waals surface area (Å²) in [5.74, 6) is -0.279. The molecule has 26 heavy (non-hydrogen) atoms. The number of aliphatic hydroxyl groups is 1. The van der Waals surface area contributed by atoms with Crippen LogP contribution >= 0.6 is 0 Å². The zero-order chi connectivity index (χ0) is 18.1. The van der Waals surface area contributed by atoms with Crippen LogP contribution in [0.5, 0.6) is 0 Å². The molecule has 3 heterocycles. The van der Waals surface area contributed by atoms with E-state index in [2.05, 4.69) is 5.32 Å². The number of hydrogen-bond donors (Lipinski definition) is 2. The first-order valence-corrected chi connectivity index (χ1v) is 8.77. The monoisotopic (exact) mass is 365 g/mol. The summed E-state index contributed by atoms with van der Waals surface area (Å²) in [7, 11) is 0. The van der Waals surface area contributed by atoms with Gasteiger partial charge in [0, 0.05) is 12.5 Å². The summed E-state index contributed by atoms with van der Waals surface area (Å²) in [6, 6.07) is 8.76. The largest absolute Gasteiger partial charge is 0.388 e. The van der Waals surface area contributed by atoms with Gasteiger partial charge in [-0.25, -0.2) is 0 Å². The maximum absolute atomic E-state index is 11.6. The average Bonchev–Trinajstić information content (AvgIpc) is 3.47. The van der Waals surface area contributed by atoms with E-state index in [1.807, 2.05) is 30.3 Å². The highest BCUT2D eigenvalue weighted by molar-refractivity contribution is 5.73. The average molecular weight is 365 g/mol. The number of rotatable bonds is 5. The van der Waals surface area contributed by atoms with E-state index in [0.717, 1.165) is 5.56 Å². The minimum absolute atomic E-state index is 0.0489. The Labute approximate surface area is 151 Å². The van der Waals surface area contributed by atoms with Crippen molar-refractivity contribution in [3.63, 3.8) is 0 Å². The molecule has 0 radical (unpaired) electrons. The van der Waals surface area contributed by atoms with E-state index in [1.54, 1.807) is 0 Å². The Morgan fingerprint density at radius 3 is 2.69 bits per heavy atom. The van der Waals surface area contributed by atoms with Gasteiger partial charge < -0.3 is 34.1 Å². The molecular formula is C18H23NO7. The molecule has 4 rings (SSSR count). The standard InChI is InChI=1S/C18H23NO7/c1-10(20)19-14-15(21)16-13(25-18(14)23-8-12-7-22-12)9-24-17(26-16)11-5-3-2-4-6-11/h2-6,12-18,21H,7-9H2,1H3,(H,19,20)/t12-,13-,14-,15-,16-,17-,18-/m1/s1. The first kappa shape index (κ1) is 17.8.